The van der Waals surface area contributed by atoms with Crippen molar-refractivity contribution in [1.82, 2.24) is 5.32 Å². The van der Waals surface area contributed by atoms with Gasteiger partial charge in [0.05, 0.1) is 18.8 Å². The summed E-state index contributed by atoms with van der Waals surface area (Å²) in [6.07, 6.45) is 6.41. The van der Waals surface area contributed by atoms with Gasteiger partial charge in [0, 0.05) is 13.2 Å². The van der Waals surface area contributed by atoms with E-state index in [1.165, 1.54) is 37.7 Å². The maximum Gasteiger partial charge on any atom is 0.161 e. The zero-order valence-electron chi connectivity index (χ0n) is 20.4. The molecule has 0 aliphatic carbocycles. The van der Waals surface area contributed by atoms with E-state index in [2.05, 4.69) is 45.1 Å². The molecule has 0 bridgehead atoms. The molecule has 1 saturated heterocycles. The van der Waals surface area contributed by atoms with Gasteiger partial charge in [0.25, 0.3) is 0 Å². The molecular formula is C26H45NO3. The van der Waals surface area contributed by atoms with Crippen LogP contribution in [-0.2, 0) is 11.3 Å². The number of nitrogens with one attached hydrogen (secondary N) is 1. The first-order chi connectivity index (χ1) is 14.2. The van der Waals surface area contributed by atoms with E-state index in [1.807, 2.05) is 19.9 Å². The van der Waals surface area contributed by atoms with Gasteiger partial charge in [0.2, 0.25) is 0 Å². The molecule has 1 N–H and O–H groups in total. The minimum atomic E-state index is 0.0305. The maximum absolute atomic E-state index is 5.97. The average Bonchev–Trinajstić information content (AvgIpc) is 2.66. The Morgan fingerprint density at radius 2 is 1.87 bits per heavy atom. The third-order valence-corrected chi connectivity index (χ3v) is 6.13. The Morgan fingerprint density at radius 1 is 1.10 bits per heavy atom. The lowest BCUT2D eigenvalue weighted by Crippen LogP contribution is -2.37. The number of hydrogen-bond donors (Lipinski definition) is 1. The second-order valence-electron chi connectivity index (χ2n) is 10.2. The molecule has 1 heterocycles. The highest BCUT2D eigenvalue weighted by Gasteiger charge is 2.33. The number of benzene rings is 1. The fourth-order valence-electron chi connectivity index (χ4n) is 4.54. The van der Waals surface area contributed by atoms with Gasteiger partial charge in [0.15, 0.2) is 11.5 Å². The van der Waals surface area contributed by atoms with Crippen LogP contribution in [0.3, 0.4) is 0 Å². The molecule has 0 amide bonds. The molecule has 1 aromatic carbocycles. The van der Waals surface area contributed by atoms with Crippen LogP contribution in [0, 0.1) is 17.8 Å². The second kappa shape index (κ2) is 12.0. The number of methoxy groups -OCH3 is 1. The fourth-order valence-corrected chi connectivity index (χ4v) is 4.54. The van der Waals surface area contributed by atoms with E-state index < -0.39 is 0 Å². The Labute approximate surface area is 185 Å². The molecule has 1 aliphatic rings. The van der Waals surface area contributed by atoms with Crippen LogP contribution in [0.15, 0.2) is 18.2 Å². The van der Waals surface area contributed by atoms with Gasteiger partial charge in [-0.25, -0.2) is 0 Å². The van der Waals surface area contributed by atoms with Gasteiger partial charge in [-0.15, -0.1) is 0 Å². The van der Waals surface area contributed by atoms with Crippen molar-refractivity contribution < 1.29 is 14.2 Å². The Kier molecular flexibility index (Phi) is 9.96. The number of rotatable bonds is 12. The highest BCUT2D eigenvalue weighted by Crippen LogP contribution is 2.37. The fraction of sp³-hybridized carbons (Fsp3) is 0.769. The molecule has 2 atom stereocenters. The van der Waals surface area contributed by atoms with Crippen molar-refractivity contribution in [3.05, 3.63) is 23.8 Å². The van der Waals surface area contributed by atoms with Gasteiger partial charge >= 0.3 is 0 Å². The van der Waals surface area contributed by atoms with E-state index in [4.69, 9.17) is 14.2 Å². The Hall–Kier alpha value is -1.26. The zero-order chi connectivity index (χ0) is 22.1. The summed E-state index contributed by atoms with van der Waals surface area (Å²) in [5.41, 5.74) is 1.26. The summed E-state index contributed by atoms with van der Waals surface area (Å²) in [4.78, 5) is 0. The van der Waals surface area contributed by atoms with E-state index in [0.29, 0.717) is 0 Å². The molecule has 1 aliphatic heterocycles. The van der Waals surface area contributed by atoms with Crippen molar-refractivity contribution in [3.8, 4) is 11.5 Å². The minimum absolute atomic E-state index is 0.0305. The van der Waals surface area contributed by atoms with Crippen LogP contribution in [0.1, 0.15) is 79.2 Å². The van der Waals surface area contributed by atoms with Crippen molar-refractivity contribution in [3.63, 3.8) is 0 Å². The predicted octanol–water partition coefficient (Wildman–Crippen LogP) is 6.22. The van der Waals surface area contributed by atoms with Crippen LogP contribution in [0.25, 0.3) is 0 Å². The quantitative estimate of drug-likeness (QED) is 0.408. The summed E-state index contributed by atoms with van der Waals surface area (Å²) >= 11 is 0. The van der Waals surface area contributed by atoms with Gasteiger partial charge in [-0.3, -0.25) is 0 Å². The zero-order valence-corrected chi connectivity index (χ0v) is 20.4. The second-order valence-corrected chi connectivity index (χ2v) is 10.2. The van der Waals surface area contributed by atoms with Gasteiger partial charge in [-0.05, 0) is 95.4 Å². The standard InChI is InChI=1S/C26H45NO3/c1-19(2)8-10-22(23-13-15-29-26(5,6)17-23)12-14-27-18-21-9-11-24(30-20(3)4)25(16-21)28-7/h9,11,16,19-20,22-23,27H,8,10,12-15,17-18H2,1-7H3/t22-,23+/m0/s1. The molecule has 1 aromatic rings. The lowest BCUT2D eigenvalue weighted by atomic mass is 9.75. The smallest absolute Gasteiger partial charge is 0.161 e. The summed E-state index contributed by atoms with van der Waals surface area (Å²) in [5, 5.41) is 3.66. The lowest BCUT2D eigenvalue weighted by Gasteiger charge is -2.39. The van der Waals surface area contributed by atoms with E-state index >= 15 is 0 Å². The number of ether oxygens (including phenoxy) is 3. The Morgan fingerprint density at radius 3 is 2.50 bits per heavy atom. The highest BCUT2D eigenvalue weighted by atomic mass is 16.5. The average molecular weight is 420 g/mol. The van der Waals surface area contributed by atoms with Gasteiger partial charge < -0.3 is 19.5 Å². The van der Waals surface area contributed by atoms with Crippen molar-refractivity contribution in [2.75, 3.05) is 20.3 Å². The monoisotopic (exact) mass is 419 g/mol. The first-order valence-electron chi connectivity index (χ1n) is 11.9. The van der Waals surface area contributed by atoms with Crippen molar-refractivity contribution >= 4 is 0 Å². The first kappa shape index (κ1) is 25.0. The molecular weight excluding hydrogens is 374 g/mol. The van der Waals surface area contributed by atoms with Crippen LogP contribution < -0.4 is 14.8 Å². The SMILES string of the molecule is COc1cc(CNCC[C@H](CCC(C)C)[C@@H]2CCOC(C)(C)C2)ccc1OC(C)C. The van der Waals surface area contributed by atoms with E-state index in [9.17, 15) is 0 Å². The van der Waals surface area contributed by atoms with Gasteiger partial charge in [0.1, 0.15) is 0 Å². The molecule has 172 valence electrons. The van der Waals surface area contributed by atoms with E-state index in [1.54, 1.807) is 7.11 Å². The minimum Gasteiger partial charge on any atom is -0.493 e. The molecule has 0 saturated carbocycles. The molecule has 2 rings (SSSR count). The molecule has 4 heteroatoms. The summed E-state index contributed by atoms with van der Waals surface area (Å²) < 4.78 is 17.3. The Balaban J connectivity index is 1.88. The lowest BCUT2D eigenvalue weighted by molar-refractivity contribution is -0.0839. The van der Waals surface area contributed by atoms with E-state index in [0.717, 1.165) is 48.9 Å². The molecule has 30 heavy (non-hydrogen) atoms. The maximum atomic E-state index is 5.97. The Bertz CT molecular complexity index is 627. The van der Waals surface area contributed by atoms with Crippen LogP contribution in [-0.4, -0.2) is 32.0 Å². The van der Waals surface area contributed by atoms with Crippen molar-refractivity contribution in [2.24, 2.45) is 17.8 Å². The predicted molar refractivity (Wildman–Crippen MR) is 125 cm³/mol. The van der Waals surface area contributed by atoms with Crippen LogP contribution in [0.2, 0.25) is 0 Å². The highest BCUT2D eigenvalue weighted by molar-refractivity contribution is 5.43. The molecule has 0 spiro atoms. The van der Waals surface area contributed by atoms with Crippen LogP contribution in [0.5, 0.6) is 11.5 Å². The van der Waals surface area contributed by atoms with E-state index in [-0.39, 0.29) is 11.7 Å². The van der Waals surface area contributed by atoms with Crippen LogP contribution in [0.4, 0.5) is 0 Å². The third-order valence-electron chi connectivity index (χ3n) is 6.13. The molecule has 0 radical (unpaired) electrons. The number of hydrogen-bond acceptors (Lipinski definition) is 4. The summed E-state index contributed by atoms with van der Waals surface area (Å²) in [6.45, 7) is 16.0. The van der Waals surface area contributed by atoms with Crippen molar-refractivity contribution in [1.29, 1.82) is 0 Å². The summed E-state index contributed by atoms with van der Waals surface area (Å²) in [7, 11) is 1.70. The summed E-state index contributed by atoms with van der Waals surface area (Å²) in [5.74, 6) is 3.95. The van der Waals surface area contributed by atoms with Gasteiger partial charge in [-0.2, -0.15) is 0 Å². The van der Waals surface area contributed by atoms with Gasteiger partial charge in [-0.1, -0.05) is 26.3 Å². The largest absolute Gasteiger partial charge is 0.493 e. The summed E-state index contributed by atoms with van der Waals surface area (Å²) in [6, 6.07) is 6.23. The van der Waals surface area contributed by atoms with Crippen molar-refractivity contribution in [2.45, 2.75) is 91.9 Å². The topological polar surface area (TPSA) is 39.7 Å². The molecule has 0 aromatic heterocycles. The molecule has 4 nitrogen and oxygen atoms in total. The molecule has 1 fully saturated rings. The third kappa shape index (κ3) is 8.47. The first-order valence-corrected chi connectivity index (χ1v) is 11.9. The van der Waals surface area contributed by atoms with Crippen LogP contribution >= 0.6 is 0 Å². The normalized spacial score (nSPS) is 19.8. The molecule has 0 unspecified atom stereocenters.